The lowest BCUT2D eigenvalue weighted by molar-refractivity contribution is -0.134. The quantitative estimate of drug-likeness (QED) is 0.465. The predicted molar refractivity (Wildman–Crippen MR) is 47.6 cm³/mol. The van der Waals surface area contributed by atoms with Crippen LogP contribution in [0, 0.1) is 17.3 Å². The van der Waals surface area contributed by atoms with Crippen LogP contribution in [0.25, 0.3) is 0 Å². The number of carbonyl (C=O) groups is 1. The van der Waals surface area contributed by atoms with Gasteiger partial charge in [-0.25, -0.2) is 4.79 Å². The summed E-state index contributed by atoms with van der Waals surface area (Å²) in [5.74, 6) is 0.958. The maximum Gasteiger partial charge on any atom is 0.330 e. The highest BCUT2D eigenvalue weighted by atomic mass is 16.5. The summed E-state index contributed by atoms with van der Waals surface area (Å²) in [7, 11) is 1.40. The molecule has 0 aliphatic heterocycles. The van der Waals surface area contributed by atoms with E-state index in [1.54, 1.807) is 0 Å². The van der Waals surface area contributed by atoms with Crippen LogP contribution >= 0.6 is 0 Å². The van der Waals surface area contributed by atoms with Crippen LogP contribution in [0.2, 0.25) is 0 Å². The van der Waals surface area contributed by atoms with Crippen LogP contribution in [0.5, 0.6) is 0 Å². The van der Waals surface area contributed by atoms with E-state index in [9.17, 15) is 4.79 Å². The monoisotopic (exact) mass is 168 g/mol. The van der Waals surface area contributed by atoms with E-state index in [-0.39, 0.29) is 5.97 Å². The van der Waals surface area contributed by atoms with Gasteiger partial charge in [-0.1, -0.05) is 26.8 Å². The van der Waals surface area contributed by atoms with Crippen LogP contribution in [-0.2, 0) is 9.53 Å². The van der Waals surface area contributed by atoms with Gasteiger partial charge in [0.15, 0.2) is 0 Å². The Morgan fingerprint density at radius 1 is 1.50 bits per heavy atom. The molecule has 1 fully saturated rings. The first kappa shape index (κ1) is 9.30. The van der Waals surface area contributed by atoms with Gasteiger partial charge in [0, 0.05) is 6.08 Å². The molecule has 12 heavy (non-hydrogen) atoms. The second kappa shape index (κ2) is 2.92. The van der Waals surface area contributed by atoms with Gasteiger partial charge < -0.3 is 4.74 Å². The molecule has 0 spiro atoms. The van der Waals surface area contributed by atoms with Crippen molar-refractivity contribution in [3.8, 4) is 0 Å². The number of rotatable bonds is 2. The predicted octanol–water partition coefficient (Wildman–Crippen LogP) is 2.01. The van der Waals surface area contributed by atoms with E-state index in [4.69, 9.17) is 0 Å². The molecule has 0 radical (unpaired) electrons. The van der Waals surface area contributed by atoms with E-state index in [1.165, 1.54) is 13.2 Å². The Morgan fingerprint density at radius 2 is 2.00 bits per heavy atom. The Labute approximate surface area is 73.6 Å². The SMILES string of the molecule is COC(=O)C=C[C@H]1[C@@H](C)C1(C)C. The van der Waals surface area contributed by atoms with Crippen LogP contribution in [-0.4, -0.2) is 13.1 Å². The second-order valence-electron chi connectivity index (χ2n) is 4.02. The normalized spacial score (nSPS) is 32.0. The third-order valence-corrected chi connectivity index (χ3v) is 3.10. The summed E-state index contributed by atoms with van der Waals surface area (Å²) < 4.78 is 4.51. The molecule has 1 aliphatic carbocycles. The number of methoxy groups -OCH3 is 1. The molecular weight excluding hydrogens is 152 g/mol. The highest BCUT2D eigenvalue weighted by molar-refractivity contribution is 5.81. The molecule has 0 aromatic rings. The van der Waals surface area contributed by atoms with Gasteiger partial charge in [0.1, 0.15) is 0 Å². The van der Waals surface area contributed by atoms with Crippen molar-refractivity contribution in [3.05, 3.63) is 12.2 Å². The van der Waals surface area contributed by atoms with Crippen molar-refractivity contribution < 1.29 is 9.53 Å². The minimum atomic E-state index is -0.259. The summed E-state index contributed by atoms with van der Waals surface area (Å²) >= 11 is 0. The third kappa shape index (κ3) is 1.52. The number of hydrogen-bond acceptors (Lipinski definition) is 2. The molecule has 2 heteroatoms. The lowest BCUT2D eigenvalue weighted by Gasteiger charge is -1.96. The van der Waals surface area contributed by atoms with Crippen molar-refractivity contribution >= 4 is 5.97 Å². The fourth-order valence-corrected chi connectivity index (χ4v) is 1.61. The molecule has 0 aromatic heterocycles. The number of allylic oxidation sites excluding steroid dienone is 1. The number of carbonyl (C=O) groups excluding carboxylic acids is 1. The molecular formula is C10H16O2. The van der Waals surface area contributed by atoms with Gasteiger partial charge in [0.05, 0.1) is 7.11 Å². The fourth-order valence-electron chi connectivity index (χ4n) is 1.61. The first-order chi connectivity index (χ1) is 5.50. The Balaban J connectivity index is 2.45. The second-order valence-corrected chi connectivity index (χ2v) is 4.02. The molecule has 0 heterocycles. The lowest BCUT2D eigenvalue weighted by atomic mass is 10.1. The first-order valence-corrected chi connectivity index (χ1v) is 4.26. The van der Waals surface area contributed by atoms with Crippen LogP contribution in [0.1, 0.15) is 20.8 Å². The topological polar surface area (TPSA) is 26.3 Å². The van der Waals surface area contributed by atoms with Crippen molar-refractivity contribution in [2.24, 2.45) is 17.3 Å². The average molecular weight is 168 g/mol. The van der Waals surface area contributed by atoms with Gasteiger partial charge in [-0.15, -0.1) is 0 Å². The Bertz CT molecular complexity index is 216. The van der Waals surface area contributed by atoms with E-state index in [0.717, 1.165) is 0 Å². The van der Waals surface area contributed by atoms with Crippen LogP contribution in [0.15, 0.2) is 12.2 Å². The number of esters is 1. The standard InChI is InChI=1S/C10H16O2/c1-7-8(10(7,2)3)5-6-9(11)12-4/h5-8H,1-4H3/t7-,8+/m1/s1. The van der Waals surface area contributed by atoms with E-state index >= 15 is 0 Å². The molecule has 0 unspecified atom stereocenters. The molecule has 2 atom stereocenters. The van der Waals surface area contributed by atoms with E-state index in [2.05, 4.69) is 25.5 Å². The summed E-state index contributed by atoms with van der Waals surface area (Å²) in [6.07, 6.45) is 3.48. The zero-order valence-electron chi connectivity index (χ0n) is 8.13. The van der Waals surface area contributed by atoms with Crippen LogP contribution < -0.4 is 0 Å². The lowest BCUT2D eigenvalue weighted by Crippen LogP contribution is -1.94. The van der Waals surface area contributed by atoms with Gasteiger partial charge in [-0.05, 0) is 17.3 Å². The minimum Gasteiger partial charge on any atom is -0.466 e. The first-order valence-electron chi connectivity index (χ1n) is 4.26. The van der Waals surface area contributed by atoms with Gasteiger partial charge in [-0.2, -0.15) is 0 Å². The molecule has 1 saturated carbocycles. The van der Waals surface area contributed by atoms with Crippen molar-refractivity contribution in [1.29, 1.82) is 0 Å². The number of hydrogen-bond donors (Lipinski definition) is 0. The fraction of sp³-hybridized carbons (Fsp3) is 0.700. The number of ether oxygens (including phenoxy) is 1. The van der Waals surface area contributed by atoms with Crippen molar-refractivity contribution in [3.63, 3.8) is 0 Å². The summed E-state index contributed by atoms with van der Waals surface area (Å²) in [6, 6.07) is 0. The Morgan fingerprint density at radius 3 is 2.33 bits per heavy atom. The van der Waals surface area contributed by atoms with Gasteiger partial charge >= 0.3 is 5.97 Å². The zero-order valence-corrected chi connectivity index (χ0v) is 8.13. The summed E-state index contributed by atoms with van der Waals surface area (Å²) in [6.45, 7) is 6.63. The molecule has 2 nitrogen and oxygen atoms in total. The zero-order chi connectivity index (χ0) is 9.35. The van der Waals surface area contributed by atoms with E-state index < -0.39 is 0 Å². The molecule has 0 saturated heterocycles. The summed E-state index contributed by atoms with van der Waals surface area (Å²) in [5, 5.41) is 0. The van der Waals surface area contributed by atoms with Crippen molar-refractivity contribution in [2.75, 3.05) is 7.11 Å². The highest BCUT2D eigenvalue weighted by Crippen LogP contribution is 2.58. The molecule has 0 aromatic carbocycles. The van der Waals surface area contributed by atoms with Gasteiger partial charge in [-0.3, -0.25) is 0 Å². The van der Waals surface area contributed by atoms with Crippen LogP contribution in [0.4, 0.5) is 0 Å². The van der Waals surface area contributed by atoms with Crippen molar-refractivity contribution in [1.82, 2.24) is 0 Å². The van der Waals surface area contributed by atoms with Gasteiger partial charge in [0.2, 0.25) is 0 Å². The molecule has 0 N–H and O–H groups in total. The third-order valence-electron chi connectivity index (χ3n) is 3.10. The highest BCUT2D eigenvalue weighted by Gasteiger charge is 2.52. The van der Waals surface area contributed by atoms with E-state index in [1.807, 2.05) is 6.08 Å². The molecule has 0 amide bonds. The van der Waals surface area contributed by atoms with E-state index in [0.29, 0.717) is 17.3 Å². The maximum absolute atomic E-state index is 10.8. The summed E-state index contributed by atoms with van der Waals surface area (Å²) in [4.78, 5) is 10.8. The Kier molecular flexibility index (Phi) is 2.27. The smallest absolute Gasteiger partial charge is 0.330 e. The van der Waals surface area contributed by atoms with Gasteiger partial charge in [0.25, 0.3) is 0 Å². The molecule has 0 bridgehead atoms. The molecule has 1 rings (SSSR count). The largest absolute Gasteiger partial charge is 0.466 e. The Hall–Kier alpha value is -0.790. The minimum absolute atomic E-state index is 0.259. The molecule has 68 valence electrons. The van der Waals surface area contributed by atoms with Crippen molar-refractivity contribution in [2.45, 2.75) is 20.8 Å². The molecule has 1 aliphatic rings. The summed E-state index contributed by atoms with van der Waals surface area (Å²) in [5.41, 5.74) is 0.366. The van der Waals surface area contributed by atoms with Crippen LogP contribution in [0.3, 0.4) is 0 Å². The average Bonchev–Trinajstić information content (AvgIpc) is 2.48. The maximum atomic E-state index is 10.8.